The average molecular weight is 228 g/mol. The van der Waals surface area contributed by atoms with Crippen molar-refractivity contribution in [2.45, 2.75) is 31.1 Å². The van der Waals surface area contributed by atoms with Crippen LogP contribution in [0.1, 0.15) is 31.2 Å². The molecule has 1 saturated carbocycles. The SMILES string of the molecule is Cn1ccc2cccc(C3(CN)CCCC3)c21. The first-order valence-electron chi connectivity index (χ1n) is 6.51. The van der Waals surface area contributed by atoms with E-state index in [9.17, 15) is 0 Å². The molecule has 0 radical (unpaired) electrons. The number of aromatic nitrogens is 1. The topological polar surface area (TPSA) is 30.9 Å². The van der Waals surface area contributed by atoms with E-state index in [0.29, 0.717) is 0 Å². The molecule has 0 spiro atoms. The normalized spacial score (nSPS) is 18.9. The highest BCUT2D eigenvalue weighted by Crippen LogP contribution is 2.42. The van der Waals surface area contributed by atoms with Crippen LogP contribution in [0.15, 0.2) is 30.5 Å². The highest BCUT2D eigenvalue weighted by atomic mass is 14.9. The molecule has 0 aliphatic heterocycles. The lowest BCUT2D eigenvalue weighted by atomic mass is 9.78. The quantitative estimate of drug-likeness (QED) is 0.841. The summed E-state index contributed by atoms with van der Waals surface area (Å²) in [5.74, 6) is 0. The second-order valence-corrected chi connectivity index (χ2v) is 5.36. The monoisotopic (exact) mass is 228 g/mol. The Morgan fingerprint density at radius 3 is 2.71 bits per heavy atom. The molecule has 17 heavy (non-hydrogen) atoms. The Labute approximate surface area is 102 Å². The standard InChI is InChI=1S/C15H20N2/c1-17-10-7-12-5-4-6-13(14(12)17)15(11-16)8-2-3-9-15/h4-7,10H,2-3,8-9,11,16H2,1H3. The summed E-state index contributed by atoms with van der Waals surface area (Å²) in [6.07, 6.45) is 7.27. The molecule has 1 aliphatic rings. The molecule has 2 N–H and O–H groups in total. The zero-order valence-corrected chi connectivity index (χ0v) is 10.4. The van der Waals surface area contributed by atoms with Gasteiger partial charge in [0.25, 0.3) is 0 Å². The Morgan fingerprint density at radius 2 is 2.00 bits per heavy atom. The third-order valence-corrected chi connectivity index (χ3v) is 4.42. The number of fused-ring (bicyclic) bond motifs is 1. The summed E-state index contributed by atoms with van der Waals surface area (Å²) in [5.41, 5.74) is 9.16. The smallest absolute Gasteiger partial charge is 0.0516 e. The summed E-state index contributed by atoms with van der Waals surface area (Å²) < 4.78 is 2.24. The van der Waals surface area contributed by atoms with Gasteiger partial charge in [0.15, 0.2) is 0 Å². The van der Waals surface area contributed by atoms with Crippen LogP contribution < -0.4 is 5.73 Å². The predicted octanol–water partition coefficient (Wildman–Crippen LogP) is 2.95. The maximum atomic E-state index is 6.10. The number of nitrogens with two attached hydrogens (primary N) is 1. The van der Waals surface area contributed by atoms with Crippen molar-refractivity contribution >= 4 is 10.9 Å². The Kier molecular flexibility index (Phi) is 2.48. The van der Waals surface area contributed by atoms with Crippen LogP contribution >= 0.6 is 0 Å². The lowest BCUT2D eigenvalue weighted by Gasteiger charge is -2.29. The number of hydrogen-bond acceptors (Lipinski definition) is 1. The molecule has 0 unspecified atom stereocenters. The first kappa shape index (κ1) is 10.8. The van der Waals surface area contributed by atoms with Crippen LogP contribution in [0.3, 0.4) is 0 Å². The van der Waals surface area contributed by atoms with Gasteiger partial charge in [-0.3, -0.25) is 0 Å². The maximum absolute atomic E-state index is 6.10. The molecule has 3 rings (SSSR count). The summed E-state index contributed by atoms with van der Waals surface area (Å²) in [6, 6.07) is 8.84. The van der Waals surface area contributed by atoms with Crippen molar-refractivity contribution < 1.29 is 0 Å². The van der Waals surface area contributed by atoms with E-state index in [1.54, 1.807) is 0 Å². The van der Waals surface area contributed by atoms with E-state index in [-0.39, 0.29) is 5.41 Å². The van der Waals surface area contributed by atoms with Gasteiger partial charge in [-0.05, 0) is 29.9 Å². The molecule has 2 heteroatoms. The van der Waals surface area contributed by atoms with Crippen molar-refractivity contribution in [3.05, 3.63) is 36.0 Å². The second-order valence-electron chi connectivity index (χ2n) is 5.36. The van der Waals surface area contributed by atoms with Crippen LogP contribution in [0.5, 0.6) is 0 Å². The number of nitrogens with zero attached hydrogens (tertiary/aromatic N) is 1. The third-order valence-electron chi connectivity index (χ3n) is 4.42. The lowest BCUT2D eigenvalue weighted by molar-refractivity contribution is 0.455. The zero-order chi connectivity index (χ0) is 11.9. The highest BCUT2D eigenvalue weighted by Gasteiger charge is 2.35. The predicted molar refractivity (Wildman–Crippen MR) is 72.1 cm³/mol. The van der Waals surface area contributed by atoms with Crippen LogP contribution in [-0.4, -0.2) is 11.1 Å². The summed E-state index contributed by atoms with van der Waals surface area (Å²) >= 11 is 0. The number of rotatable bonds is 2. The van der Waals surface area contributed by atoms with E-state index in [4.69, 9.17) is 5.73 Å². The fraction of sp³-hybridized carbons (Fsp3) is 0.467. The Bertz CT molecular complexity index is 533. The summed E-state index contributed by atoms with van der Waals surface area (Å²) in [7, 11) is 2.13. The maximum Gasteiger partial charge on any atom is 0.0516 e. The van der Waals surface area contributed by atoms with Gasteiger partial charge in [0.05, 0.1) is 5.52 Å². The van der Waals surface area contributed by atoms with Gasteiger partial charge in [-0.25, -0.2) is 0 Å². The lowest BCUT2D eigenvalue weighted by Crippen LogP contribution is -2.32. The molecule has 1 aliphatic carbocycles. The summed E-state index contributed by atoms with van der Waals surface area (Å²) in [6.45, 7) is 0.775. The van der Waals surface area contributed by atoms with Gasteiger partial charge >= 0.3 is 0 Å². The number of para-hydroxylation sites is 1. The number of aryl methyl sites for hydroxylation is 1. The van der Waals surface area contributed by atoms with E-state index in [2.05, 4.69) is 42.1 Å². The molecule has 1 aromatic heterocycles. The Morgan fingerprint density at radius 1 is 1.24 bits per heavy atom. The van der Waals surface area contributed by atoms with Crippen molar-refractivity contribution in [3.8, 4) is 0 Å². The molecule has 90 valence electrons. The zero-order valence-electron chi connectivity index (χ0n) is 10.4. The van der Waals surface area contributed by atoms with Crippen molar-refractivity contribution in [1.29, 1.82) is 0 Å². The minimum Gasteiger partial charge on any atom is -0.350 e. The van der Waals surface area contributed by atoms with Gasteiger partial charge in [0.1, 0.15) is 0 Å². The number of benzene rings is 1. The molecule has 0 amide bonds. The van der Waals surface area contributed by atoms with Crippen molar-refractivity contribution in [2.24, 2.45) is 12.8 Å². The van der Waals surface area contributed by atoms with E-state index in [1.807, 2.05) is 0 Å². The van der Waals surface area contributed by atoms with Crippen LogP contribution in [0.25, 0.3) is 10.9 Å². The van der Waals surface area contributed by atoms with Crippen LogP contribution in [0.2, 0.25) is 0 Å². The molecular weight excluding hydrogens is 208 g/mol. The van der Waals surface area contributed by atoms with E-state index in [1.165, 1.54) is 42.1 Å². The number of hydrogen-bond donors (Lipinski definition) is 1. The van der Waals surface area contributed by atoms with Gasteiger partial charge in [0.2, 0.25) is 0 Å². The van der Waals surface area contributed by atoms with Gasteiger partial charge in [0, 0.05) is 25.2 Å². The molecule has 2 aromatic rings. The van der Waals surface area contributed by atoms with E-state index < -0.39 is 0 Å². The Hall–Kier alpha value is -1.28. The van der Waals surface area contributed by atoms with E-state index >= 15 is 0 Å². The van der Waals surface area contributed by atoms with Gasteiger partial charge < -0.3 is 10.3 Å². The minimum absolute atomic E-state index is 0.228. The van der Waals surface area contributed by atoms with Crippen LogP contribution in [0.4, 0.5) is 0 Å². The van der Waals surface area contributed by atoms with Crippen LogP contribution in [-0.2, 0) is 12.5 Å². The summed E-state index contributed by atoms with van der Waals surface area (Å²) in [4.78, 5) is 0. The first-order chi connectivity index (χ1) is 8.27. The molecule has 0 saturated heterocycles. The van der Waals surface area contributed by atoms with Gasteiger partial charge in [-0.2, -0.15) is 0 Å². The van der Waals surface area contributed by atoms with E-state index in [0.717, 1.165) is 6.54 Å². The second kappa shape index (κ2) is 3.88. The fourth-order valence-electron chi connectivity index (χ4n) is 3.42. The molecule has 1 heterocycles. The van der Waals surface area contributed by atoms with Crippen molar-refractivity contribution in [3.63, 3.8) is 0 Å². The van der Waals surface area contributed by atoms with Crippen molar-refractivity contribution in [1.82, 2.24) is 4.57 Å². The molecular formula is C15H20N2. The summed E-state index contributed by atoms with van der Waals surface area (Å²) in [5, 5.41) is 1.34. The first-order valence-corrected chi connectivity index (χ1v) is 6.51. The highest BCUT2D eigenvalue weighted by molar-refractivity contribution is 5.84. The molecule has 0 atom stereocenters. The third kappa shape index (κ3) is 1.51. The Balaban J connectivity index is 2.25. The van der Waals surface area contributed by atoms with Gasteiger partial charge in [-0.15, -0.1) is 0 Å². The largest absolute Gasteiger partial charge is 0.350 e. The van der Waals surface area contributed by atoms with Gasteiger partial charge in [-0.1, -0.05) is 31.0 Å². The minimum atomic E-state index is 0.228. The average Bonchev–Trinajstić information content (AvgIpc) is 2.97. The molecule has 2 nitrogen and oxygen atoms in total. The molecule has 1 fully saturated rings. The van der Waals surface area contributed by atoms with Crippen molar-refractivity contribution in [2.75, 3.05) is 6.54 Å². The van der Waals surface area contributed by atoms with Crippen LogP contribution in [0, 0.1) is 0 Å². The molecule has 1 aromatic carbocycles. The molecule has 0 bridgehead atoms. The fourth-order valence-corrected chi connectivity index (χ4v) is 3.42.